The summed E-state index contributed by atoms with van der Waals surface area (Å²) in [4.78, 5) is 0. The molecule has 0 spiro atoms. The van der Waals surface area contributed by atoms with Gasteiger partial charge in [0.05, 0.1) is 0 Å². The van der Waals surface area contributed by atoms with Gasteiger partial charge in [0, 0.05) is 0 Å². The first-order valence-electron chi connectivity index (χ1n) is 4.22. The molecular formula is C10H18. The summed E-state index contributed by atoms with van der Waals surface area (Å²) in [6.07, 6.45) is 3.97. The van der Waals surface area contributed by atoms with Crippen molar-refractivity contribution in [1.82, 2.24) is 0 Å². The zero-order chi connectivity index (χ0) is 7.78. The van der Waals surface area contributed by atoms with Gasteiger partial charge in [0.1, 0.15) is 0 Å². The summed E-state index contributed by atoms with van der Waals surface area (Å²) in [5, 5.41) is 0. The van der Waals surface area contributed by atoms with E-state index in [-0.39, 0.29) is 0 Å². The number of hydrogen-bond donors (Lipinski definition) is 0. The maximum atomic E-state index is 4.09. The highest BCUT2D eigenvalue weighted by Crippen LogP contribution is 2.42. The fourth-order valence-corrected chi connectivity index (χ4v) is 1.76. The first-order chi connectivity index (χ1) is 4.54. The van der Waals surface area contributed by atoms with Crippen molar-refractivity contribution in [2.24, 2.45) is 11.3 Å². The van der Waals surface area contributed by atoms with Crippen LogP contribution in [0.3, 0.4) is 0 Å². The lowest BCUT2D eigenvalue weighted by atomic mass is 9.68. The molecule has 1 rings (SSSR count). The van der Waals surface area contributed by atoms with Crippen LogP contribution in [0.5, 0.6) is 0 Å². The second-order valence-electron chi connectivity index (χ2n) is 4.22. The molecule has 0 heteroatoms. The third kappa shape index (κ3) is 1.25. The van der Waals surface area contributed by atoms with E-state index >= 15 is 0 Å². The molecule has 0 amide bonds. The Balaban J connectivity index is 2.69. The van der Waals surface area contributed by atoms with Crippen molar-refractivity contribution in [2.75, 3.05) is 0 Å². The molecule has 0 aliphatic heterocycles. The minimum absolute atomic E-state index is 0.509. The van der Waals surface area contributed by atoms with Crippen LogP contribution >= 0.6 is 0 Å². The van der Waals surface area contributed by atoms with E-state index in [0.717, 1.165) is 5.92 Å². The smallest absolute Gasteiger partial charge is 0.0183 e. The number of hydrogen-bond acceptors (Lipinski definition) is 0. The molecule has 1 aliphatic carbocycles. The van der Waals surface area contributed by atoms with Crippen LogP contribution < -0.4 is 0 Å². The molecule has 0 bridgehead atoms. The molecule has 1 aliphatic rings. The third-order valence-electron chi connectivity index (χ3n) is 3.10. The van der Waals surface area contributed by atoms with Crippen molar-refractivity contribution in [2.45, 2.75) is 40.0 Å². The standard InChI is InChI=1S/C10H18/c1-8-6-5-7-10(3,4)9(8)2/h9H,1,5-7H2,2-4H3/t9-/m0/s1. The second kappa shape index (κ2) is 2.41. The van der Waals surface area contributed by atoms with E-state index in [0.29, 0.717) is 5.41 Å². The van der Waals surface area contributed by atoms with Crippen molar-refractivity contribution < 1.29 is 0 Å². The Bertz CT molecular complexity index is 142. The summed E-state index contributed by atoms with van der Waals surface area (Å²) in [6, 6.07) is 0. The lowest BCUT2D eigenvalue weighted by Crippen LogP contribution is -2.26. The Morgan fingerprint density at radius 2 is 2.10 bits per heavy atom. The molecule has 0 N–H and O–H groups in total. The molecule has 0 unspecified atom stereocenters. The average Bonchev–Trinajstić information content (AvgIpc) is 1.83. The zero-order valence-electron chi connectivity index (χ0n) is 7.41. The van der Waals surface area contributed by atoms with Gasteiger partial charge in [0.15, 0.2) is 0 Å². The van der Waals surface area contributed by atoms with Gasteiger partial charge in [-0.3, -0.25) is 0 Å². The minimum atomic E-state index is 0.509. The van der Waals surface area contributed by atoms with Crippen LogP contribution in [0.4, 0.5) is 0 Å². The van der Waals surface area contributed by atoms with E-state index in [4.69, 9.17) is 0 Å². The van der Waals surface area contributed by atoms with E-state index in [1.807, 2.05) is 0 Å². The monoisotopic (exact) mass is 138 g/mol. The zero-order valence-corrected chi connectivity index (χ0v) is 7.41. The van der Waals surface area contributed by atoms with Gasteiger partial charge >= 0.3 is 0 Å². The first-order valence-corrected chi connectivity index (χ1v) is 4.22. The molecule has 0 aromatic carbocycles. The Labute approximate surface area is 64.3 Å². The maximum absolute atomic E-state index is 4.09. The van der Waals surface area contributed by atoms with E-state index < -0.39 is 0 Å². The molecule has 58 valence electrons. The second-order valence-corrected chi connectivity index (χ2v) is 4.22. The van der Waals surface area contributed by atoms with Crippen molar-refractivity contribution >= 4 is 0 Å². The van der Waals surface area contributed by atoms with E-state index in [1.54, 1.807) is 0 Å². The van der Waals surface area contributed by atoms with Crippen molar-refractivity contribution in [3.63, 3.8) is 0 Å². The van der Waals surface area contributed by atoms with Crippen LogP contribution in [0.1, 0.15) is 40.0 Å². The summed E-state index contributed by atoms with van der Waals surface area (Å²) in [5.41, 5.74) is 1.96. The van der Waals surface area contributed by atoms with Crippen LogP contribution in [0.25, 0.3) is 0 Å². The molecule has 0 nitrogen and oxygen atoms in total. The summed E-state index contributed by atoms with van der Waals surface area (Å²) in [5.74, 6) is 0.723. The van der Waals surface area contributed by atoms with Crippen LogP contribution in [-0.4, -0.2) is 0 Å². The quantitative estimate of drug-likeness (QED) is 0.450. The number of rotatable bonds is 0. The van der Waals surface area contributed by atoms with Crippen LogP contribution in [0.15, 0.2) is 12.2 Å². The molecule has 0 aromatic heterocycles. The predicted molar refractivity (Wildman–Crippen MR) is 45.9 cm³/mol. The van der Waals surface area contributed by atoms with Gasteiger partial charge in [0.2, 0.25) is 0 Å². The highest BCUT2D eigenvalue weighted by atomic mass is 14.4. The third-order valence-corrected chi connectivity index (χ3v) is 3.10. The molecule has 1 saturated carbocycles. The van der Waals surface area contributed by atoms with Crippen LogP contribution in [0.2, 0.25) is 0 Å². The molecule has 1 atom stereocenters. The SMILES string of the molecule is C=C1CCCC(C)(C)[C@H]1C. The molecule has 0 heterocycles. The van der Waals surface area contributed by atoms with Gasteiger partial charge in [-0.1, -0.05) is 32.9 Å². The average molecular weight is 138 g/mol. The van der Waals surface area contributed by atoms with Gasteiger partial charge < -0.3 is 0 Å². The van der Waals surface area contributed by atoms with Gasteiger partial charge in [-0.05, 0) is 30.6 Å². The summed E-state index contributed by atoms with van der Waals surface area (Å²) < 4.78 is 0. The largest absolute Gasteiger partial charge is 0.0996 e. The van der Waals surface area contributed by atoms with Crippen LogP contribution in [0, 0.1) is 11.3 Å². The normalized spacial score (nSPS) is 32.3. The van der Waals surface area contributed by atoms with E-state index in [9.17, 15) is 0 Å². The van der Waals surface area contributed by atoms with E-state index in [2.05, 4.69) is 27.4 Å². The van der Waals surface area contributed by atoms with Crippen molar-refractivity contribution in [3.8, 4) is 0 Å². The topological polar surface area (TPSA) is 0 Å². The van der Waals surface area contributed by atoms with Gasteiger partial charge in [-0.15, -0.1) is 0 Å². The molecule has 1 fully saturated rings. The van der Waals surface area contributed by atoms with Crippen molar-refractivity contribution in [1.29, 1.82) is 0 Å². The number of allylic oxidation sites excluding steroid dienone is 1. The van der Waals surface area contributed by atoms with Gasteiger partial charge in [-0.25, -0.2) is 0 Å². The summed E-state index contributed by atoms with van der Waals surface area (Å²) >= 11 is 0. The molecule has 0 saturated heterocycles. The lowest BCUT2D eigenvalue weighted by Gasteiger charge is -2.37. The Morgan fingerprint density at radius 3 is 2.50 bits per heavy atom. The molecule has 0 aromatic rings. The van der Waals surface area contributed by atoms with Crippen molar-refractivity contribution in [3.05, 3.63) is 12.2 Å². The summed E-state index contributed by atoms with van der Waals surface area (Å²) in [7, 11) is 0. The molecule has 10 heavy (non-hydrogen) atoms. The first kappa shape index (κ1) is 7.84. The fraction of sp³-hybridized carbons (Fsp3) is 0.800. The molecule has 0 radical (unpaired) electrons. The highest BCUT2D eigenvalue weighted by molar-refractivity contribution is 5.07. The van der Waals surface area contributed by atoms with E-state index in [1.165, 1.54) is 24.8 Å². The Morgan fingerprint density at radius 1 is 1.50 bits per heavy atom. The van der Waals surface area contributed by atoms with Gasteiger partial charge in [0.25, 0.3) is 0 Å². The minimum Gasteiger partial charge on any atom is -0.0996 e. The lowest BCUT2D eigenvalue weighted by molar-refractivity contribution is 0.206. The van der Waals surface area contributed by atoms with Gasteiger partial charge in [-0.2, -0.15) is 0 Å². The van der Waals surface area contributed by atoms with Crippen LogP contribution in [-0.2, 0) is 0 Å². The Hall–Kier alpha value is -0.260. The maximum Gasteiger partial charge on any atom is -0.0183 e. The summed E-state index contributed by atoms with van der Waals surface area (Å²) in [6.45, 7) is 11.1. The Kier molecular flexibility index (Phi) is 1.89. The predicted octanol–water partition coefficient (Wildman–Crippen LogP) is 3.39. The fourth-order valence-electron chi connectivity index (χ4n) is 1.76. The highest BCUT2D eigenvalue weighted by Gasteiger charge is 2.30. The molecular weight excluding hydrogens is 120 g/mol.